The quantitative estimate of drug-likeness (QED) is 0.576. The summed E-state index contributed by atoms with van der Waals surface area (Å²) in [5.74, 6) is 0. The molecule has 0 fully saturated rings. The Labute approximate surface area is 105 Å². The van der Waals surface area contributed by atoms with E-state index in [2.05, 4.69) is 31.9 Å². The van der Waals surface area contributed by atoms with E-state index in [1.807, 2.05) is 19.1 Å². The molecule has 1 aromatic carbocycles. The summed E-state index contributed by atoms with van der Waals surface area (Å²) in [6.45, 7) is 2.02. The van der Waals surface area contributed by atoms with Crippen LogP contribution in [-0.2, 0) is 0 Å². The van der Waals surface area contributed by atoms with Gasteiger partial charge in [0.05, 0.1) is 0 Å². The van der Waals surface area contributed by atoms with Gasteiger partial charge in [-0.25, -0.2) is 0 Å². The molecule has 0 aliphatic heterocycles. The second-order valence-electron chi connectivity index (χ2n) is 2.12. The average molecular weight is 289 g/mol. The van der Waals surface area contributed by atoms with Gasteiger partial charge in [0.15, 0.2) is 0 Å². The van der Waals surface area contributed by atoms with Crippen LogP contribution >= 0.6 is 31.9 Å². The first-order valence-corrected chi connectivity index (χ1v) is 4.41. The van der Waals surface area contributed by atoms with E-state index in [4.69, 9.17) is 5.73 Å². The Hall–Kier alpha value is 0.980. The summed E-state index contributed by atoms with van der Waals surface area (Å²) in [4.78, 5) is 0. The van der Waals surface area contributed by atoms with E-state index in [9.17, 15) is 0 Å². The van der Waals surface area contributed by atoms with Crippen molar-refractivity contribution < 1.29 is 0 Å². The third kappa shape index (κ3) is 3.07. The van der Waals surface area contributed by atoms with E-state index in [-0.39, 0.29) is 29.6 Å². The van der Waals surface area contributed by atoms with E-state index in [1.54, 1.807) is 0 Å². The second kappa shape index (κ2) is 4.87. The van der Waals surface area contributed by atoms with Gasteiger partial charge in [-0.3, -0.25) is 0 Å². The Balaban J connectivity index is 0.000001000. The molecule has 56 valence electrons. The van der Waals surface area contributed by atoms with Crippen molar-refractivity contribution in [3.8, 4) is 0 Å². The number of rotatable bonds is 0. The molecular formula is C7H8Br2NNa. The topological polar surface area (TPSA) is 26.0 Å². The van der Waals surface area contributed by atoms with Crippen LogP contribution in [0.1, 0.15) is 5.56 Å². The van der Waals surface area contributed by atoms with E-state index in [1.165, 1.54) is 5.56 Å². The van der Waals surface area contributed by atoms with Gasteiger partial charge in [0.1, 0.15) is 0 Å². The fourth-order valence-electron chi connectivity index (χ4n) is 0.662. The van der Waals surface area contributed by atoms with Gasteiger partial charge >= 0.3 is 29.6 Å². The summed E-state index contributed by atoms with van der Waals surface area (Å²) in [6.07, 6.45) is 0. The zero-order valence-corrected chi connectivity index (χ0v) is 8.66. The standard InChI is InChI=1S/C7H7Br2N.Na.H/c1-4-2-6(9)7(10)3-5(4)8;;/h2-3H,10H2,1H3;;. The zero-order valence-electron chi connectivity index (χ0n) is 5.49. The third-order valence-corrected chi connectivity index (χ3v) is 2.82. The molecule has 4 heteroatoms. The Bertz CT molecular complexity index is 213. The van der Waals surface area contributed by atoms with Gasteiger partial charge in [-0.05, 0) is 40.5 Å². The monoisotopic (exact) mass is 287 g/mol. The normalized spacial score (nSPS) is 9.00. The molecule has 0 aliphatic carbocycles. The zero-order chi connectivity index (χ0) is 7.72. The Morgan fingerprint density at radius 1 is 1.18 bits per heavy atom. The first-order chi connectivity index (χ1) is 4.61. The van der Waals surface area contributed by atoms with E-state index in [0.717, 1.165) is 14.6 Å². The van der Waals surface area contributed by atoms with Crippen molar-refractivity contribution in [3.63, 3.8) is 0 Å². The molecule has 0 bridgehead atoms. The Morgan fingerprint density at radius 3 is 2.18 bits per heavy atom. The molecule has 11 heavy (non-hydrogen) atoms. The number of benzene rings is 1. The first-order valence-electron chi connectivity index (χ1n) is 2.82. The van der Waals surface area contributed by atoms with E-state index < -0.39 is 0 Å². The van der Waals surface area contributed by atoms with Gasteiger partial charge in [-0.2, -0.15) is 0 Å². The molecule has 0 aromatic heterocycles. The van der Waals surface area contributed by atoms with Crippen LogP contribution in [0.3, 0.4) is 0 Å². The molecule has 1 rings (SSSR count). The summed E-state index contributed by atoms with van der Waals surface area (Å²) >= 11 is 6.71. The molecule has 0 amide bonds. The van der Waals surface area contributed by atoms with Crippen molar-refractivity contribution in [2.24, 2.45) is 0 Å². The minimum atomic E-state index is 0. The third-order valence-electron chi connectivity index (χ3n) is 1.28. The molecular weight excluding hydrogens is 281 g/mol. The predicted molar refractivity (Wildman–Crippen MR) is 58.1 cm³/mol. The maximum atomic E-state index is 5.61. The van der Waals surface area contributed by atoms with Crippen molar-refractivity contribution in [1.29, 1.82) is 0 Å². The van der Waals surface area contributed by atoms with Gasteiger partial charge in [-0.15, -0.1) is 0 Å². The summed E-state index contributed by atoms with van der Waals surface area (Å²) in [5, 5.41) is 0. The molecule has 0 saturated heterocycles. The molecule has 0 atom stereocenters. The van der Waals surface area contributed by atoms with Crippen molar-refractivity contribution in [2.75, 3.05) is 5.73 Å². The minimum absolute atomic E-state index is 0. The molecule has 2 N–H and O–H groups in total. The van der Waals surface area contributed by atoms with Crippen LogP contribution in [-0.4, -0.2) is 29.6 Å². The molecule has 0 aliphatic rings. The van der Waals surface area contributed by atoms with Crippen molar-refractivity contribution in [1.82, 2.24) is 0 Å². The number of hydrogen-bond donors (Lipinski definition) is 1. The van der Waals surface area contributed by atoms with Crippen molar-refractivity contribution in [2.45, 2.75) is 6.92 Å². The second-order valence-corrected chi connectivity index (χ2v) is 3.83. The van der Waals surface area contributed by atoms with Gasteiger partial charge in [0.2, 0.25) is 0 Å². The van der Waals surface area contributed by atoms with Crippen LogP contribution in [0.5, 0.6) is 0 Å². The van der Waals surface area contributed by atoms with Crippen molar-refractivity contribution >= 4 is 67.1 Å². The fourth-order valence-corrected chi connectivity index (χ4v) is 1.48. The Morgan fingerprint density at radius 2 is 1.73 bits per heavy atom. The van der Waals surface area contributed by atoms with Crippen LogP contribution in [0.25, 0.3) is 0 Å². The molecule has 0 saturated carbocycles. The van der Waals surface area contributed by atoms with Gasteiger partial charge < -0.3 is 5.73 Å². The van der Waals surface area contributed by atoms with Crippen LogP contribution in [0.15, 0.2) is 21.1 Å². The molecule has 1 nitrogen and oxygen atoms in total. The van der Waals surface area contributed by atoms with E-state index >= 15 is 0 Å². The van der Waals surface area contributed by atoms with Gasteiger partial charge in [0.25, 0.3) is 0 Å². The Kier molecular flexibility index (Phi) is 5.31. The van der Waals surface area contributed by atoms with Crippen molar-refractivity contribution in [3.05, 3.63) is 26.6 Å². The summed E-state index contributed by atoms with van der Waals surface area (Å²) in [7, 11) is 0. The number of nitrogens with two attached hydrogens (primary N) is 1. The molecule has 1 aromatic rings. The SMILES string of the molecule is Cc1cc(Br)c(N)cc1Br.[NaH]. The van der Waals surface area contributed by atoms with Crippen LogP contribution in [0.4, 0.5) is 5.69 Å². The molecule has 0 spiro atoms. The van der Waals surface area contributed by atoms with Crippen LogP contribution in [0, 0.1) is 6.92 Å². The van der Waals surface area contributed by atoms with Crippen LogP contribution in [0.2, 0.25) is 0 Å². The number of halogens is 2. The maximum absolute atomic E-state index is 5.61. The fraction of sp³-hybridized carbons (Fsp3) is 0.143. The number of nitrogen functional groups attached to an aromatic ring is 1. The van der Waals surface area contributed by atoms with Crippen LogP contribution < -0.4 is 5.73 Å². The number of hydrogen-bond acceptors (Lipinski definition) is 1. The summed E-state index contributed by atoms with van der Waals surface area (Å²) in [6, 6.07) is 3.87. The summed E-state index contributed by atoms with van der Waals surface area (Å²) in [5.41, 5.74) is 7.56. The predicted octanol–water partition coefficient (Wildman–Crippen LogP) is 2.45. The van der Waals surface area contributed by atoms with Gasteiger partial charge in [-0.1, -0.05) is 15.9 Å². The van der Waals surface area contributed by atoms with Gasteiger partial charge in [0, 0.05) is 14.6 Å². The molecule has 0 heterocycles. The number of anilines is 1. The van der Waals surface area contributed by atoms with E-state index in [0.29, 0.717) is 0 Å². The number of aryl methyl sites for hydroxylation is 1. The summed E-state index contributed by atoms with van der Waals surface area (Å²) < 4.78 is 2.00. The average Bonchev–Trinajstić information content (AvgIpc) is 1.84. The first kappa shape index (κ1) is 12.0. The molecule has 0 unspecified atom stereocenters. The molecule has 0 radical (unpaired) electrons.